The molecule has 0 aliphatic rings. The van der Waals surface area contributed by atoms with Crippen LogP contribution in [-0.4, -0.2) is 12.0 Å². The van der Waals surface area contributed by atoms with Crippen molar-refractivity contribution in [1.29, 1.82) is 0 Å². The maximum absolute atomic E-state index is 10.9. The number of methoxy groups -OCH3 is 1. The molecule has 2 N–H and O–H groups in total. The van der Waals surface area contributed by atoms with Crippen LogP contribution in [0.25, 0.3) is 0 Å². The number of nitrogens with two attached hydrogens (primary N) is 1. The molecule has 0 heterocycles. The van der Waals surface area contributed by atoms with Gasteiger partial charge in [0.25, 0.3) is 5.69 Å². The van der Waals surface area contributed by atoms with Crippen LogP contribution < -0.4 is 10.5 Å². The number of ether oxygens (including phenoxy) is 1. The molecule has 0 saturated heterocycles. The molecule has 0 unspecified atom stereocenters. The maximum atomic E-state index is 10.9. The van der Waals surface area contributed by atoms with E-state index in [9.17, 15) is 10.1 Å². The smallest absolute Gasteiger partial charge is 0.270 e. The van der Waals surface area contributed by atoms with Gasteiger partial charge in [-0.05, 0) is 36.8 Å². The molecule has 2 aromatic carbocycles. The molecule has 2 aromatic rings. The number of rotatable bonds is 5. The summed E-state index contributed by atoms with van der Waals surface area (Å²) >= 11 is 1.59. The molecule has 5 nitrogen and oxygen atoms in total. The van der Waals surface area contributed by atoms with Gasteiger partial charge in [-0.2, -0.15) is 0 Å². The topological polar surface area (TPSA) is 78.4 Å². The number of non-ortho nitro benzene ring substituents is 1. The molecule has 0 spiro atoms. The predicted molar refractivity (Wildman–Crippen MR) is 84.8 cm³/mol. The molecule has 0 radical (unpaired) electrons. The average Bonchev–Trinajstić information content (AvgIpc) is 2.48. The van der Waals surface area contributed by atoms with E-state index in [0.717, 1.165) is 21.7 Å². The second kappa shape index (κ2) is 6.49. The third-order valence-corrected chi connectivity index (χ3v) is 4.15. The van der Waals surface area contributed by atoms with Crippen LogP contribution >= 0.6 is 11.8 Å². The molecular weight excluding hydrogens is 288 g/mol. The Morgan fingerprint density at radius 2 is 2.05 bits per heavy atom. The summed E-state index contributed by atoms with van der Waals surface area (Å²) in [4.78, 5) is 11.5. The molecule has 2 rings (SSSR count). The SMILES string of the molecule is COc1ccc([N+](=O)[O-])cc1CSc1ccc(N)c(C)c1. The highest BCUT2D eigenvalue weighted by Crippen LogP contribution is 2.31. The molecule has 110 valence electrons. The van der Waals surface area contributed by atoms with Crippen LogP contribution in [0.4, 0.5) is 11.4 Å². The molecule has 0 bridgehead atoms. The zero-order valence-electron chi connectivity index (χ0n) is 11.8. The molecule has 0 amide bonds. The standard InChI is InChI=1S/C15H16N2O3S/c1-10-7-13(4-5-14(10)16)21-9-11-8-12(17(18)19)3-6-15(11)20-2/h3-8H,9,16H2,1-2H3. The van der Waals surface area contributed by atoms with Crippen LogP contribution in [0.5, 0.6) is 5.75 Å². The minimum absolute atomic E-state index is 0.0693. The summed E-state index contributed by atoms with van der Waals surface area (Å²) < 4.78 is 5.26. The van der Waals surface area contributed by atoms with Crippen LogP contribution in [-0.2, 0) is 5.75 Å². The Morgan fingerprint density at radius 3 is 2.67 bits per heavy atom. The molecule has 0 aromatic heterocycles. The minimum atomic E-state index is -0.402. The van der Waals surface area contributed by atoms with Gasteiger partial charge in [-0.3, -0.25) is 10.1 Å². The Morgan fingerprint density at radius 1 is 1.29 bits per heavy atom. The van der Waals surface area contributed by atoms with Gasteiger partial charge < -0.3 is 10.5 Å². The second-order valence-electron chi connectivity index (χ2n) is 4.56. The largest absolute Gasteiger partial charge is 0.496 e. The lowest BCUT2D eigenvalue weighted by Gasteiger charge is -2.09. The Labute approximate surface area is 127 Å². The molecule has 0 fully saturated rings. The summed E-state index contributed by atoms with van der Waals surface area (Å²) in [6.45, 7) is 1.95. The summed E-state index contributed by atoms with van der Waals surface area (Å²) in [6.07, 6.45) is 0. The second-order valence-corrected chi connectivity index (χ2v) is 5.61. The van der Waals surface area contributed by atoms with E-state index in [1.54, 1.807) is 31.0 Å². The van der Waals surface area contributed by atoms with Crippen molar-refractivity contribution in [2.24, 2.45) is 0 Å². The maximum Gasteiger partial charge on any atom is 0.270 e. The van der Waals surface area contributed by atoms with Crippen LogP contribution in [0.3, 0.4) is 0 Å². The first-order valence-electron chi connectivity index (χ1n) is 6.31. The number of hydrogen-bond donors (Lipinski definition) is 1. The Hall–Kier alpha value is -2.21. The molecule has 0 aliphatic carbocycles. The van der Waals surface area contributed by atoms with Gasteiger partial charge in [-0.15, -0.1) is 11.8 Å². The lowest BCUT2D eigenvalue weighted by Crippen LogP contribution is -1.94. The van der Waals surface area contributed by atoms with E-state index in [2.05, 4.69) is 0 Å². The lowest BCUT2D eigenvalue weighted by atomic mass is 10.2. The third kappa shape index (κ3) is 3.66. The van der Waals surface area contributed by atoms with E-state index in [1.807, 2.05) is 25.1 Å². The van der Waals surface area contributed by atoms with Gasteiger partial charge >= 0.3 is 0 Å². The molecule has 0 atom stereocenters. The molecule has 6 heteroatoms. The van der Waals surface area contributed by atoms with Crippen molar-refractivity contribution in [3.05, 3.63) is 57.6 Å². The Bertz CT molecular complexity index is 674. The highest BCUT2D eigenvalue weighted by Gasteiger charge is 2.11. The van der Waals surface area contributed by atoms with E-state index in [1.165, 1.54) is 6.07 Å². The minimum Gasteiger partial charge on any atom is -0.496 e. The number of hydrogen-bond acceptors (Lipinski definition) is 5. The third-order valence-electron chi connectivity index (χ3n) is 3.11. The van der Waals surface area contributed by atoms with Crippen LogP contribution in [0.1, 0.15) is 11.1 Å². The van der Waals surface area contributed by atoms with Crippen molar-refractivity contribution >= 4 is 23.1 Å². The monoisotopic (exact) mass is 304 g/mol. The van der Waals surface area contributed by atoms with Crippen molar-refractivity contribution in [3.8, 4) is 5.75 Å². The van der Waals surface area contributed by atoms with Crippen LogP contribution in [0.2, 0.25) is 0 Å². The quantitative estimate of drug-likeness (QED) is 0.393. The fraction of sp³-hybridized carbons (Fsp3) is 0.200. The van der Waals surface area contributed by atoms with Crippen molar-refractivity contribution in [1.82, 2.24) is 0 Å². The highest BCUT2D eigenvalue weighted by molar-refractivity contribution is 7.98. The number of benzene rings is 2. The van der Waals surface area contributed by atoms with Crippen molar-refractivity contribution in [2.45, 2.75) is 17.6 Å². The van der Waals surface area contributed by atoms with Crippen molar-refractivity contribution < 1.29 is 9.66 Å². The first kappa shape index (κ1) is 15.2. The number of nitro groups is 1. The number of thioether (sulfide) groups is 1. The summed E-state index contributed by atoms with van der Waals surface area (Å²) in [5, 5.41) is 10.9. The first-order chi connectivity index (χ1) is 10.0. The van der Waals surface area contributed by atoms with Gasteiger partial charge in [0.1, 0.15) is 5.75 Å². The van der Waals surface area contributed by atoms with Crippen LogP contribution in [0.15, 0.2) is 41.3 Å². The average molecular weight is 304 g/mol. The van der Waals surface area contributed by atoms with Gasteiger partial charge in [0, 0.05) is 34.0 Å². The number of nitro benzene ring substituents is 1. The van der Waals surface area contributed by atoms with Gasteiger partial charge in [-0.25, -0.2) is 0 Å². The number of nitrogen functional groups attached to an aromatic ring is 1. The zero-order valence-corrected chi connectivity index (χ0v) is 12.6. The summed E-state index contributed by atoms with van der Waals surface area (Å²) in [5.74, 6) is 1.24. The molecule has 0 saturated carbocycles. The van der Waals surface area contributed by atoms with E-state index < -0.39 is 4.92 Å². The number of aryl methyl sites for hydroxylation is 1. The van der Waals surface area contributed by atoms with Crippen LogP contribution in [0, 0.1) is 17.0 Å². The van der Waals surface area contributed by atoms with Gasteiger partial charge in [0.05, 0.1) is 12.0 Å². The van der Waals surface area contributed by atoms with Gasteiger partial charge in [0.2, 0.25) is 0 Å². The summed E-state index contributed by atoms with van der Waals surface area (Å²) in [7, 11) is 1.56. The normalized spacial score (nSPS) is 10.4. The molecule has 0 aliphatic heterocycles. The van der Waals surface area contributed by atoms with Gasteiger partial charge in [0.15, 0.2) is 0 Å². The lowest BCUT2D eigenvalue weighted by molar-refractivity contribution is -0.384. The van der Waals surface area contributed by atoms with Crippen molar-refractivity contribution in [2.75, 3.05) is 12.8 Å². The number of nitrogens with zero attached hydrogens (tertiary/aromatic N) is 1. The summed E-state index contributed by atoms with van der Waals surface area (Å²) in [5.41, 5.74) is 8.43. The number of anilines is 1. The molecular formula is C15H16N2O3S. The Kier molecular flexibility index (Phi) is 4.70. The van der Waals surface area contributed by atoms with E-state index >= 15 is 0 Å². The van der Waals surface area contributed by atoms with E-state index in [0.29, 0.717) is 11.5 Å². The zero-order chi connectivity index (χ0) is 15.4. The van der Waals surface area contributed by atoms with E-state index in [4.69, 9.17) is 10.5 Å². The van der Waals surface area contributed by atoms with Gasteiger partial charge in [-0.1, -0.05) is 0 Å². The Balaban J connectivity index is 2.19. The van der Waals surface area contributed by atoms with E-state index in [-0.39, 0.29) is 5.69 Å². The highest BCUT2D eigenvalue weighted by atomic mass is 32.2. The van der Waals surface area contributed by atoms with Crippen molar-refractivity contribution in [3.63, 3.8) is 0 Å². The summed E-state index contributed by atoms with van der Waals surface area (Å²) in [6, 6.07) is 10.4. The fourth-order valence-corrected chi connectivity index (χ4v) is 2.86. The molecule has 21 heavy (non-hydrogen) atoms. The fourth-order valence-electron chi connectivity index (χ4n) is 1.89. The predicted octanol–water partition coefficient (Wildman–Crippen LogP) is 3.79. The first-order valence-corrected chi connectivity index (χ1v) is 7.30.